The number of phenols is 1. The van der Waals surface area contributed by atoms with E-state index in [2.05, 4.69) is 10.6 Å². The Morgan fingerprint density at radius 2 is 2.11 bits per heavy atom. The Labute approximate surface area is 107 Å². The van der Waals surface area contributed by atoms with Crippen molar-refractivity contribution in [3.05, 3.63) is 29.8 Å². The van der Waals surface area contributed by atoms with Gasteiger partial charge in [0.15, 0.2) is 0 Å². The van der Waals surface area contributed by atoms with Crippen LogP contribution in [0, 0.1) is 0 Å². The molecule has 1 atom stereocenters. The van der Waals surface area contributed by atoms with Crippen molar-refractivity contribution >= 4 is 5.91 Å². The normalized spacial score (nSPS) is 23.6. The first-order valence-corrected chi connectivity index (χ1v) is 6.41. The maximum absolute atomic E-state index is 12.1. The fraction of sp³-hybridized carbons (Fsp3) is 0.500. The van der Waals surface area contributed by atoms with E-state index in [4.69, 9.17) is 0 Å². The fourth-order valence-corrected chi connectivity index (χ4v) is 2.24. The SMILES string of the molecule is CC1(C(=O)NCc2ccc(O)cc2)CCCCN1. The third-order valence-corrected chi connectivity index (χ3v) is 3.51. The second-order valence-electron chi connectivity index (χ2n) is 5.07. The van der Waals surface area contributed by atoms with Gasteiger partial charge in [0.1, 0.15) is 5.75 Å². The molecule has 98 valence electrons. The summed E-state index contributed by atoms with van der Waals surface area (Å²) in [5, 5.41) is 15.4. The maximum Gasteiger partial charge on any atom is 0.240 e. The van der Waals surface area contributed by atoms with Crippen molar-refractivity contribution in [1.82, 2.24) is 10.6 Å². The highest BCUT2D eigenvalue weighted by Gasteiger charge is 2.33. The lowest BCUT2D eigenvalue weighted by molar-refractivity contribution is -0.128. The number of hydrogen-bond acceptors (Lipinski definition) is 3. The largest absolute Gasteiger partial charge is 0.508 e. The summed E-state index contributed by atoms with van der Waals surface area (Å²) in [5.74, 6) is 0.293. The van der Waals surface area contributed by atoms with Gasteiger partial charge in [-0.3, -0.25) is 4.79 Å². The van der Waals surface area contributed by atoms with Gasteiger partial charge >= 0.3 is 0 Å². The van der Waals surface area contributed by atoms with E-state index < -0.39 is 5.54 Å². The zero-order valence-corrected chi connectivity index (χ0v) is 10.7. The van der Waals surface area contributed by atoms with Gasteiger partial charge in [0, 0.05) is 6.54 Å². The highest BCUT2D eigenvalue weighted by molar-refractivity contribution is 5.85. The molecule has 1 fully saturated rings. The lowest BCUT2D eigenvalue weighted by Crippen LogP contribution is -2.56. The number of rotatable bonds is 3. The van der Waals surface area contributed by atoms with Crippen LogP contribution in [0.1, 0.15) is 31.7 Å². The standard InChI is InChI=1S/C14H20N2O2/c1-14(8-2-3-9-16-14)13(18)15-10-11-4-6-12(17)7-5-11/h4-7,16-17H,2-3,8-10H2,1H3,(H,15,18). The van der Waals surface area contributed by atoms with Crippen molar-refractivity contribution in [2.45, 2.75) is 38.3 Å². The van der Waals surface area contributed by atoms with Gasteiger partial charge in [-0.2, -0.15) is 0 Å². The topological polar surface area (TPSA) is 61.4 Å². The lowest BCUT2D eigenvalue weighted by atomic mass is 9.90. The summed E-state index contributed by atoms with van der Waals surface area (Å²) in [5.41, 5.74) is 0.551. The van der Waals surface area contributed by atoms with E-state index in [0.717, 1.165) is 31.4 Å². The van der Waals surface area contributed by atoms with E-state index >= 15 is 0 Å². The molecule has 0 bridgehead atoms. The summed E-state index contributed by atoms with van der Waals surface area (Å²) < 4.78 is 0. The van der Waals surface area contributed by atoms with Gasteiger partial charge in [0.05, 0.1) is 5.54 Å². The molecule has 4 heteroatoms. The maximum atomic E-state index is 12.1. The van der Waals surface area contributed by atoms with Gasteiger partial charge in [0.2, 0.25) is 5.91 Å². The van der Waals surface area contributed by atoms with Crippen molar-refractivity contribution in [3.63, 3.8) is 0 Å². The number of hydrogen-bond donors (Lipinski definition) is 3. The summed E-state index contributed by atoms with van der Waals surface area (Å²) in [6.07, 6.45) is 3.12. The molecular formula is C14H20N2O2. The smallest absolute Gasteiger partial charge is 0.240 e. The zero-order chi connectivity index (χ0) is 13.0. The fourth-order valence-electron chi connectivity index (χ4n) is 2.24. The predicted octanol–water partition coefficient (Wildman–Crippen LogP) is 1.54. The molecule has 1 saturated heterocycles. The molecule has 1 heterocycles. The molecule has 18 heavy (non-hydrogen) atoms. The van der Waals surface area contributed by atoms with Gasteiger partial charge < -0.3 is 15.7 Å². The molecule has 1 unspecified atom stereocenters. The minimum Gasteiger partial charge on any atom is -0.508 e. The van der Waals surface area contributed by atoms with Crippen molar-refractivity contribution in [2.24, 2.45) is 0 Å². The summed E-state index contributed by atoms with van der Waals surface area (Å²) in [6, 6.07) is 6.88. The Morgan fingerprint density at radius 1 is 1.39 bits per heavy atom. The van der Waals surface area contributed by atoms with Crippen LogP contribution >= 0.6 is 0 Å². The molecule has 0 saturated carbocycles. The number of carbonyl (C=O) groups is 1. The first-order chi connectivity index (χ1) is 8.60. The predicted molar refractivity (Wildman–Crippen MR) is 70.2 cm³/mol. The molecule has 1 aliphatic rings. The molecule has 1 aromatic carbocycles. The third-order valence-electron chi connectivity index (χ3n) is 3.51. The highest BCUT2D eigenvalue weighted by atomic mass is 16.3. The van der Waals surface area contributed by atoms with Gasteiger partial charge in [-0.1, -0.05) is 12.1 Å². The lowest BCUT2D eigenvalue weighted by Gasteiger charge is -2.33. The molecule has 4 nitrogen and oxygen atoms in total. The van der Waals surface area contributed by atoms with Gasteiger partial charge in [-0.05, 0) is 50.4 Å². The molecule has 1 aliphatic heterocycles. The van der Waals surface area contributed by atoms with Crippen LogP contribution in [0.5, 0.6) is 5.75 Å². The Balaban J connectivity index is 1.89. The summed E-state index contributed by atoms with van der Waals surface area (Å²) in [6.45, 7) is 3.36. The van der Waals surface area contributed by atoms with Gasteiger partial charge in [-0.25, -0.2) is 0 Å². The Bertz CT molecular complexity index is 408. The van der Waals surface area contributed by atoms with Crippen LogP contribution in [0.2, 0.25) is 0 Å². The summed E-state index contributed by atoms with van der Waals surface area (Å²) >= 11 is 0. The number of benzene rings is 1. The number of piperidine rings is 1. The van der Waals surface area contributed by atoms with E-state index in [1.165, 1.54) is 0 Å². The average Bonchev–Trinajstić information content (AvgIpc) is 2.38. The minimum atomic E-state index is -0.435. The molecule has 0 aliphatic carbocycles. The van der Waals surface area contributed by atoms with Crippen LogP contribution in [0.25, 0.3) is 0 Å². The number of carbonyl (C=O) groups excluding carboxylic acids is 1. The Hall–Kier alpha value is -1.55. The second-order valence-corrected chi connectivity index (χ2v) is 5.07. The molecule has 0 radical (unpaired) electrons. The van der Waals surface area contributed by atoms with E-state index in [1.54, 1.807) is 12.1 Å². The molecule has 0 aromatic heterocycles. The second kappa shape index (κ2) is 5.40. The first kappa shape index (κ1) is 12.9. The van der Waals surface area contributed by atoms with Crippen LogP contribution in [-0.4, -0.2) is 23.1 Å². The number of amides is 1. The van der Waals surface area contributed by atoms with Crippen molar-refractivity contribution in [2.75, 3.05) is 6.54 Å². The molecule has 1 aromatic rings. The summed E-state index contributed by atoms with van der Waals surface area (Å²) in [7, 11) is 0. The van der Waals surface area contributed by atoms with E-state index in [-0.39, 0.29) is 11.7 Å². The van der Waals surface area contributed by atoms with Crippen LogP contribution in [0.3, 0.4) is 0 Å². The van der Waals surface area contributed by atoms with Crippen molar-refractivity contribution < 1.29 is 9.90 Å². The monoisotopic (exact) mass is 248 g/mol. The van der Waals surface area contributed by atoms with Crippen LogP contribution in [0.4, 0.5) is 0 Å². The average molecular weight is 248 g/mol. The van der Waals surface area contributed by atoms with Gasteiger partial charge in [0.25, 0.3) is 0 Å². The highest BCUT2D eigenvalue weighted by Crippen LogP contribution is 2.19. The Kier molecular flexibility index (Phi) is 3.87. The minimum absolute atomic E-state index is 0.0512. The van der Waals surface area contributed by atoms with Crippen LogP contribution < -0.4 is 10.6 Å². The molecule has 2 rings (SSSR count). The number of aromatic hydroxyl groups is 1. The number of phenolic OH excluding ortho intramolecular Hbond substituents is 1. The first-order valence-electron chi connectivity index (χ1n) is 6.41. The van der Waals surface area contributed by atoms with Crippen molar-refractivity contribution in [3.8, 4) is 5.75 Å². The molecule has 1 amide bonds. The van der Waals surface area contributed by atoms with Crippen LogP contribution in [0.15, 0.2) is 24.3 Å². The molecule has 0 spiro atoms. The third kappa shape index (κ3) is 3.01. The van der Waals surface area contributed by atoms with Crippen molar-refractivity contribution in [1.29, 1.82) is 0 Å². The van der Waals surface area contributed by atoms with Crippen LogP contribution in [-0.2, 0) is 11.3 Å². The summed E-state index contributed by atoms with van der Waals surface area (Å²) in [4.78, 5) is 12.1. The van der Waals surface area contributed by atoms with E-state index in [9.17, 15) is 9.90 Å². The van der Waals surface area contributed by atoms with E-state index in [1.807, 2.05) is 19.1 Å². The number of nitrogens with one attached hydrogen (secondary N) is 2. The van der Waals surface area contributed by atoms with Gasteiger partial charge in [-0.15, -0.1) is 0 Å². The Morgan fingerprint density at radius 3 is 2.72 bits per heavy atom. The van der Waals surface area contributed by atoms with E-state index in [0.29, 0.717) is 6.54 Å². The zero-order valence-electron chi connectivity index (χ0n) is 10.7. The quantitative estimate of drug-likeness (QED) is 0.760. The molecule has 3 N–H and O–H groups in total. The molecular weight excluding hydrogens is 228 g/mol.